The first kappa shape index (κ1) is 18.5. The number of benzene rings is 2. The quantitative estimate of drug-likeness (QED) is 0.713. The average molecular weight is 360 g/mol. The standard InChI is InChI=1S/C18H18ClN3O3/c1-11-3-4-15(9-16(11)19)22-18(25)10-17(24)21-14-7-5-13(6-8-14)20-12(2)23/h3-9H,10H2,1-2H3,(H,20,23)(H,21,24)(H,22,25). The number of anilines is 3. The van der Waals surface area contributed by atoms with E-state index in [2.05, 4.69) is 16.0 Å². The Kier molecular flexibility index (Phi) is 6.14. The van der Waals surface area contributed by atoms with E-state index in [1.165, 1.54) is 6.92 Å². The van der Waals surface area contributed by atoms with Crippen molar-refractivity contribution in [3.05, 3.63) is 53.1 Å². The van der Waals surface area contributed by atoms with E-state index in [0.717, 1.165) is 5.56 Å². The second-order valence-electron chi connectivity index (χ2n) is 5.50. The van der Waals surface area contributed by atoms with Crippen LogP contribution in [0.4, 0.5) is 17.1 Å². The third-order valence-electron chi connectivity index (χ3n) is 3.27. The first-order valence-electron chi connectivity index (χ1n) is 7.57. The maximum absolute atomic E-state index is 11.9. The van der Waals surface area contributed by atoms with Crippen LogP contribution in [0.3, 0.4) is 0 Å². The summed E-state index contributed by atoms with van der Waals surface area (Å²) in [6.07, 6.45) is -0.320. The Morgan fingerprint density at radius 1 is 0.840 bits per heavy atom. The van der Waals surface area contributed by atoms with Crippen LogP contribution in [0, 0.1) is 6.92 Å². The number of carbonyl (C=O) groups is 3. The third-order valence-corrected chi connectivity index (χ3v) is 3.67. The number of carbonyl (C=O) groups excluding carboxylic acids is 3. The molecule has 2 rings (SSSR count). The third kappa shape index (κ3) is 5.93. The fourth-order valence-electron chi connectivity index (χ4n) is 2.07. The molecule has 0 fully saturated rings. The fourth-order valence-corrected chi connectivity index (χ4v) is 2.25. The molecule has 0 saturated heterocycles. The van der Waals surface area contributed by atoms with E-state index in [1.54, 1.807) is 42.5 Å². The number of hydrogen-bond acceptors (Lipinski definition) is 3. The van der Waals surface area contributed by atoms with Gasteiger partial charge in [0.1, 0.15) is 6.42 Å². The summed E-state index contributed by atoms with van der Waals surface area (Å²) in [5.41, 5.74) is 2.60. The van der Waals surface area contributed by atoms with Gasteiger partial charge in [0, 0.05) is 29.0 Å². The zero-order chi connectivity index (χ0) is 18.4. The number of halogens is 1. The summed E-state index contributed by atoms with van der Waals surface area (Å²) < 4.78 is 0. The highest BCUT2D eigenvalue weighted by molar-refractivity contribution is 6.31. The normalized spacial score (nSPS) is 10.0. The Hall–Kier alpha value is -2.86. The molecular formula is C18H18ClN3O3. The molecule has 0 saturated carbocycles. The maximum atomic E-state index is 11.9. The van der Waals surface area contributed by atoms with Crippen LogP contribution in [0.15, 0.2) is 42.5 Å². The van der Waals surface area contributed by atoms with Gasteiger partial charge in [-0.3, -0.25) is 14.4 Å². The van der Waals surface area contributed by atoms with Crippen molar-refractivity contribution in [1.82, 2.24) is 0 Å². The molecule has 2 aromatic carbocycles. The van der Waals surface area contributed by atoms with Gasteiger partial charge in [-0.1, -0.05) is 17.7 Å². The number of aryl methyl sites for hydroxylation is 1. The Morgan fingerprint density at radius 3 is 1.84 bits per heavy atom. The molecule has 0 heterocycles. The predicted molar refractivity (Wildman–Crippen MR) is 98.8 cm³/mol. The smallest absolute Gasteiger partial charge is 0.233 e. The molecule has 2 aromatic rings. The summed E-state index contributed by atoms with van der Waals surface area (Å²) >= 11 is 6.00. The van der Waals surface area contributed by atoms with Crippen LogP contribution in [0.2, 0.25) is 5.02 Å². The molecular weight excluding hydrogens is 342 g/mol. The highest BCUT2D eigenvalue weighted by Crippen LogP contribution is 2.20. The van der Waals surface area contributed by atoms with Gasteiger partial charge < -0.3 is 16.0 Å². The Balaban J connectivity index is 1.87. The van der Waals surface area contributed by atoms with E-state index >= 15 is 0 Å². The van der Waals surface area contributed by atoms with E-state index in [1.807, 2.05) is 6.92 Å². The van der Waals surface area contributed by atoms with Crippen LogP contribution < -0.4 is 16.0 Å². The Labute approximate surface area is 150 Å². The molecule has 0 aromatic heterocycles. The first-order valence-corrected chi connectivity index (χ1v) is 7.95. The van der Waals surface area contributed by atoms with Crippen LogP contribution in [-0.4, -0.2) is 17.7 Å². The highest BCUT2D eigenvalue weighted by atomic mass is 35.5. The molecule has 0 spiro atoms. The van der Waals surface area contributed by atoms with Crippen molar-refractivity contribution in [2.24, 2.45) is 0 Å². The van der Waals surface area contributed by atoms with Gasteiger partial charge in [-0.2, -0.15) is 0 Å². The van der Waals surface area contributed by atoms with Crippen LogP contribution in [0.25, 0.3) is 0 Å². The lowest BCUT2D eigenvalue weighted by Gasteiger charge is -2.08. The summed E-state index contributed by atoms with van der Waals surface area (Å²) in [5, 5.41) is 8.42. The minimum atomic E-state index is -0.442. The average Bonchev–Trinajstić information content (AvgIpc) is 2.52. The van der Waals surface area contributed by atoms with E-state index in [4.69, 9.17) is 11.6 Å². The SMILES string of the molecule is CC(=O)Nc1ccc(NC(=O)CC(=O)Nc2ccc(C)c(Cl)c2)cc1. The second-order valence-corrected chi connectivity index (χ2v) is 5.90. The number of rotatable bonds is 5. The monoisotopic (exact) mass is 359 g/mol. The molecule has 7 heteroatoms. The summed E-state index contributed by atoms with van der Waals surface area (Å²) in [6, 6.07) is 11.7. The molecule has 0 unspecified atom stereocenters. The summed E-state index contributed by atoms with van der Waals surface area (Å²) in [7, 11) is 0. The van der Waals surface area contributed by atoms with Crippen LogP contribution in [0.5, 0.6) is 0 Å². The summed E-state index contributed by atoms with van der Waals surface area (Å²) in [6.45, 7) is 3.27. The van der Waals surface area contributed by atoms with E-state index in [9.17, 15) is 14.4 Å². The molecule has 0 atom stereocenters. The van der Waals surface area contributed by atoms with Crippen molar-refractivity contribution in [3.8, 4) is 0 Å². The van der Waals surface area contributed by atoms with Crippen molar-refractivity contribution in [2.45, 2.75) is 20.3 Å². The predicted octanol–water partition coefficient (Wildman–Crippen LogP) is 3.57. The minimum Gasteiger partial charge on any atom is -0.326 e. The number of amides is 3. The second kappa shape index (κ2) is 8.30. The van der Waals surface area contributed by atoms with Crippen molar-refractivity contribution < 1.29 is 14.4 Å². The van der Waals surface area contributed by atoms with Gasteiger partial charge in [0.15, 0.2) is 0 Å². The van der Waals surface area contributed by atoms with Gasteiger partial charge in [0.2, 0.25) is 17.7 Å². The fraction of sp³-hybridized carbons (Fsp3) is 0.167. The van der Waals surface area contributed by atoms with E-state index in [0.29, 0.717) is 22.1 Å². The lowest BCUT2D eigenvalue weighted by atomic mass is 10.2. The van der Waals surface area contributed by atoms with Crippen LogP contribution in [0.1, 0.15) is 18.9 Å². The summed E-state index contributed by atoms with van der Waals surface area (Å²) in [4.78, 5) is 34.8. The van der Waals surface area contributed by atoms with Gasteiger partial charge >= 0.3 is 0 Å². The van der Waals surface area contributed by atoms with Crippen molar-refractivity contribution in [2.75, 3.05) is 16.0 Å². The van der Waals surface area contributed by atoms with Crippen molar-refractivity contribution >= 4 is 46.4 Å². The lowest BCUT2D eigenvalue weighted by Crippen LogP contribution is -2.21. The van der Waals surface area contributed by atoms with E-state index < -0.39 is 11.8 Å². The molecule has 3 amide bonds. The van der Waals surface area contributed by atoms with Gasteiger partial charge in [-0.05, 0) is 48.9 Å². The Bertz CT molecular complexity index is 804. The molecule has 0 bridgehead atoms. The van der Waals surface area contributed by atoms with Crippen LogP contribution >= 0.6 is 11.6 Å². The molecule has 6 nitrogen and oxygen atoms in total. The molecule has 25 heavy (non-hydrogen) atoms. The van der Waals surface area contributed by atoms with Gasteiger partial charge in [-0.15, -0.1) is 0 Å². The lowest BCUT2D eigenvalue weighted by molar-refractivity contribution is -0.123. The zero-order valence-corrected chi connectivity index (χ0v) is 14.6. The zero-order valence-electron chi connectivity index (χ0n) is 13.9. The Morgan fingerprint density at radius 2 is 1.32 bits per heavy atom. The van der Waals surface area contributed by atoms with Crippen molar-refractivity contribution in [1.29, 1.82) is 0 Å². The summed E-state index contributed by atoms with van der Waals surface area (Å²) in [5.74, 6) is -1.06. The largest absolute Gasteiger partial charge is 0.326 e. The van der Waals surface area contributed by atoms with Gasteiger partial charge in [0.05, 0.1) is 0 Å². The van der Waals surface area contributed by atoms with Gasteiger partial charge in [-0.25, -0.2) is 0 Å². The van der Waals surface area contributed by atoms with Crippen molar-refractivity contribution in [3.63, 3.8) is 0 Å². The highest BCUT2D eigenvalue weighted by Gasteiger charge is 2.11. The van der Waals surface area contributed by atoms with Crippen LogP contribution in [-0.2, 0) is 14.4 Å². The van der Waals surface area contributed by atoms with E-state index in [-0.39, 0.29) is 12.3 Å². The molecule has 0 aliphatic rings. The topological polar surface area (TPSA) is 87.3 Å². The molecule has 3 N–H and O–H groups in total. The van der Waals surface area contributed by atoms with Gasteiger partial charge in [0.25, 0.3) is 0 Å². The minimum absolute atomic E-state index is 0.176. The number of hydrogen-bond donors (Lipinski definition) is 3. The molecule has 0 radical (unpaired) electrons. The number of nitrogens with one attached hydrogen (secondary N) is 3. The maximum Gasteiger partial charge on any atom is 0.233 e. The molecule has 0 aliphatic carbocycles. The molecule has 130 valence electrons. The molecule has 0 aliphatic heterocycles. The first-order chi connectivity index (χ1) is 11.8.